The molecule has 1 saturated heterocycles. The van der Waals surface area contributed by atoms with Crippen LogP contribution >= 0.6 is 52.1 Å². The number of rotatable bonds is 7. The molecule has 1 spiro atoms. The highest BCUT2D eigenvalue weighted by molar-refractivity contribution is 9.10. The van der Waals surface area contributed by atoms with Crippen LogP contribution in [0.1, 0.15) is 55.5 Å². The summed E-state index contributed by atoms with van der Waals surface area (Å²) >= 11 is 5.06. The van der Waals surface area contributed by atoms with Gasteiger partial charge in [0, 0.05) is 40.4 Å². The number of thiazole rings is 1. The van der Waals surface area contributed by atoms with Crippen molar-refractivity contribution in [1.29, 1.82) is 0 Å². The number of piperidine rings is 1. The fourth-order valence-electron chi connectivity index (χ4n) is 5.87. The van der Waals surface area contributed by atoms with Crippen LogP contribution in [0.2, 0.25) is 0 Å². The lowest BCUT2D eigenvalue weighted by molar-refractivity contribution is 0.144. The SMILES string of the molecule is Brc1ccc(OCc2nc(-c3ccc(N=Cc4ccc(N5CCC6(CCCCC6)CC5)cc4)cc3)cs2)cc1.Cl.Cl. The molecule has 2 aliphatic rings. The number of benzene rings is 3. The van der Waals surface area contributed by atoms with E-state index in [0.717, 1.165) is 37.7 Å². The molecule has 1 saturated carbocycles. The summed E-state index contributed by atoms with van der Waals surface area (Å²) in [6.45, 7) is 2.85. The Morgan fingerprint density at radius 1 is 0.854 bits per heavy atom. The van der Waals surface area contributed by atoms with E-state index in [1.54, 1.807) is 11.3 Å². The Kier molecular flexibility index (Phi) is 11.3. The Balaban J connectivity index is 0.00000194. The number of halogens is 3. The zero-order valence-electron chi connectivity index (χ0n) is 23.0. The molecule has 0 unspecified atom stereocenters. The highest BCUT2D eigenvalue weighted by Gasteiger charge is 2.35. The van der Waals surface area contributed by atoms with Crippen LogP contribution in [0.5, 0.6) is 5.75 Å². The fraction of sp³-hybridized carbons (Fsp3) is 0.333. The molecule has 0 amide bonds. The van der Waals surface area contributed by atoms with Gasteiger partial charge in [-0.2, -0.15) is 0 Å². The maximum Gasteiger partial charge on any atom is 0.140 e. The minimum absolute atomic E-state index is 0. The molecule has 2 fully saturated rings. The van der Waals surface area contributed by atoms with E-state index in [2.05, 4.69) is 62.6 Å². The molecule has 4 aromatic rings. The van der Waals surface area contributed by atoms with Crippen LogP contribution in [0.3, 0.4) is 0 Å². The second kappa shape index (κ2) is 14.7. The van der Waals surface area contributed by atoms with E-state index in [1.165, 1.54) is 63.7 Å². The Hall–Kier alpha value is -2.38. The van der Waals surface area contributed by atoms with Crippen LogP contribution in [-0.4, -0.2) is 24.3 Å². The molecule has 6 rings (SSSR count). The summed E-state index contributed by atoms with van der Waals surface area (Å²) in [5.74, 6) is 0.839. The number of aliphatic imine (C=N–C) groups is 1. The summed E-state index contributed by atoms with van der Waals surface area (Å²) in [6.07, 6.45) is 11.9. The van der Waals surface area contributed by atoms with Crippen molar-refractivity contribution in [1.82, 2.24) is 4.98 Å². The zero-order valence-corrected chi connectivity index (χ0v) is 27.0. The van der Waals surface area contributed by atoms with E-state index in [9.17, 15) is 0 Å². The molecule has 2 heterocycles. The van der Waals surface area contributed by atoms with Crippen molar-refractivity contribution in [2.75, 3.05) is 18.0 Å². The molecule has 0 N–H and O–H groups in total. The molecule has 0 bridgehead atoms. The van der Waals surface area contributed by atoms with E-state index in [-0.39, 0.29) is 24.8 Å². The molecule has 1 aromatic heterocycles. The quantitative estimate of drug-likeness (QED) is 0.183. The van der Waals surface area contributed by atoms with E-state index < -0.39 is 0 Å². The van der Waals surface area contributed by atoms with Gasteiger partial charge >= 0.3 is 0 Å². The molecular weight excluding hydrogens is 637 g/mol. The van der Waals surface area contributed by atoms with Gasteiger partial charge in [-0.05, 0) is 85.2 Å². The average molecular weight is 674 g/mol. The number of anilines is 1. The minimum atomic E-state index is 0. The molecule has 1 aliphatic carbocycles. The maximum absolute atomic E-state index is 5.86. The van der Waals surface area contributed by atoms with Gasteiger partial charge in [0.1, 0.15) is 17.4 Å². The first-order chi connectivity index (χ1) is 19.1. The van der Waals surface area contributed by atoms with E-state index in [0.29, 0.717) is 12.0 Å². The molecule has 41 heavy (non-hydrogen) atoms. The van der Waals surface area contributed by atoms with Crippen molar-refractivity contribution in [3.8, 4) is 17.0 Å². The molecular formula is C33H36BrCl2N3OS. The first-order valence-electron chi connectivity index (χ1n) is 14.0. The van der Waals surface area contributed by atoms with Gasteiger partial charge < -0.3 is 9.64 Å². The van der Waals surface area contributed by atoms with Crippen LogP contribution in [-0.2, 0) is 6.61 Å². The van der Waals surface area contributed by atoms with Gasteiger partial charge in [-0.1, -0.05) is 59.5 Å². The van der Waals surface area contributed by atoms with E-state index in [4.69, 9.17) is 14.7 Å². The Bertz CT molecular complexity index is 1390. The summed E-state index contributed by atoms with van der Waals surface area (Å²) < 4.78 is 6.90. The van der Waals surface area contributed by atoms with Crippen molar-refractivity contribution < 1.29 is 4.74 Å². The van der Waals surface area contributed by atoms with Gasteiger partial charge in [0.25, 0.3) is 0 Å². The molecule has 0 atom stereocenters. The van der Waals surface area contributed by atoms with Crippen LogP contribution in [0.4, 0.5) is 11.4 Å². The third-order valence-electron chi connectivity index (χ3n) is 8.25. The summed E-state index contributed by atoms with van der Waals surface area (Å²) in [5, 5.41) is 3.04. The lowest BCUT2D eigenvalue weighted by Crippen LogP contribution is -2.41. The standard InChI is InChI=1S/C33H34BrN3OS.2ClH/c34-27-8-14-30(15-9-27)38-23-32-36-31(24-39-32)26-6-10-28(11-7-26)35-22-25-4-12-29(13-5-25)37-20-18-33(19-21-37)16-2-1-3-17-33;;/h4-15,22,24H,1-3,16-21,23H2;2*1H. The normalized spacial score (nSPS) is 16.3. The van der Waals surface area contributed by atoms with Gasteiger partial charge in [0.15, 0.2) is 0 Å². The van der Waals surface area contributed by atoms with E-state index in [1.807, 2.05) is 42.6 Å². The van der Waals surface area contributed by atoms with E-state index >= 15 is 0 Å². The third kappa shape index (κ3) is 8.13. The zero-order chi connectivity index (χ0) is 26.5. The Morgan fingerprint density at radius 2 is 1.54 bits per heavy atom. The minimum Gasteiger partial charge on any atom is -0.486 e. The number of hydrogen-bond donors (Lipinski definition) is 0. The largest absolute Gasteiger partial charge is 0.486 e. The number of aromatic nitrogens is 1. The van der Waals surface area contributed by atoms with Gasteiger partial charge in [-0.25, -0.2) is 4.98 Å². The monoisotopic (exact) mass is 671 g/mol. The Labute approximate surface area is 268 Å². The maximum atomic E-state index is 5.86. The number of ether oxygens (including phenoxy) is 1. The van der Waals surface area contributed by atoms with Crippen LogP contribution in [0.15, 0.2) is 87.6 Å². The van der Waals surface area contributed by atoms with Gasteiger partial charge in [-0.15, -0.1) is 36.2 Å². The lowest BCUT2D eigenvalue weighted by Gasteiger charge is -2.45. The highest BCUT2D eigenvalue weighted by atomic mass is 79.9. The second-order valence-corrected chi connectivity index (χ2v) is 12.7. The number of hydrogen-bond acceptors (Lipinski definition) is 5. The van der Waals surface area contributed by atoms with Crippen molar-refractivity contribution in [2.45, 2.75) is 51.6 Å². The summed E-state index contributed by atoms with van der Waals surface area (Å²) in [4.78, 5) is 12.0. The molecule has 3 aromatic carbocycles. The fourth-order valence-corrected chi connectivity index (χ4v) is 6.84. The second-order valence-electron chi connectivity index (χ2n) is 10.8. The Morgan fingerprint density at radius 3 is 2.22 bits per heavy atom. The molecule has 216 valence electrons. The average Bonchev–Trinajstić information content (AvgIpc) is 3.46. The van der Waals surface area contributed by atoms with Crippen LogP contribution in [0, 0.1) is 5.41 Å². The van der Waals surface area contributed by atoms with Crippen molar-refractivity contribution in [3.05, 3.63) is 93.2 Å². The predicted molar refractivity (Wildman–Crippen MR) is 181 cm³/mol. The molecule has 0 radical (unpaired) electrons. The smallest absolute Gasteiger partial charge is 0.140 e. The first-order valence-corrected chi connectivity index (χ1v) is 15.6. The summed E-state index contributed by atoms with van der Waals surface area (Å²) in [7, 11) is 0. The van der Waals surface area contributed by atoms with Crippen molar-refractivity contribution in [3.63, 3.8) is 0 Å². The summed E-state index contributed by atoms with van der Waals surface area (Å²) in [5.41, 5.74) is 6.10. The van der Waals surface area contributed by atoms with Gasteiger partial charge in [-0.3, -0.25) is 4.99 Å². The summed E-state index contributed by atoms with van der Waals surface area (Å²) in [6, 6.07) is 25.0. The lowest BCUT2D eigenvalue weighted by atomic mass is 9.68. The first kappa shape index (κ1) is 31.6. The molecule has 8 heteroatoms. The van der Waals surface area contributed by atoms with Gasteiger partial charge in [0.2, 0.25) is 0 Å². The predicted octanol–water partition coefficient (Wildman–Crippen LogP) is 10.3. The molecule has 1 aliphatic heterocycles. The molecule has 4 nitrogen and oxygen atoms in total. The van der Waals surface area contributed by atoms with Crippen LogP contribution in [0.25, 0.3) is 11.3 Å². The van der Waals surface area contributed by atoms with Gasteiger partial charge in [0.05, 0.1) is 11.4 Å². The van der Waals surface area contributed by atoms with Crippen molar-refractivity contribution in [2.24, 2.45) is 10.4 Å². The van der Waals surface area contributed by atoms with Crippen LogP contribution < -0.4 is 9.64 Å². The highest BCUT2D eigenvalue weighted by Crippen LogP contribution is 2.45. The third-order valence-corrected chi connectivity index (χ3v) is 9.60. The topological polar surface area (TPSA) is 37.7 Å². The van der Waals surface area contributed by atoms with Crippen molar-refractivity contribution >= 4 is 69.7 Å². The number of nitrogens with zero attached hydrogens (tertiary/aromatic N) is 3.